The second-order valence-electron chi connectivity index (χ2n) is 11.8. The van der Waals surface area contributed by atoms with Gasteiger partial charge in [0.25, 0.3) is 0 Å². The van der Waals surface area contributed by atoms with Crippen LogP contribution in [0.3, 0.4) is 0 Å². The second kappa shape index (κ2) is 8.42. The fourth-order valence-corrected chi connectivity index (χ4v) is 4.02. The standard InChI is InChI=1S/C24H45N/c1-21(2,3)18-20-12-15-24(16-13-20,19-22(4,5)6)14-10-11-17-25-23(7,8)9/h12-13,15,25H,10-11,14,16-19H2,1-9H3. The second-order valence-corrected chi connectivity index (χ2v) is 11.8. The lowest BCUT2D eigenvalue weighted by molar-refractivity contribution is 0.203. The average molecular weight is 348 g/mol. The van der Waals surface area contributed by atoms with Gasteiger partial charge >= 0.3 is 0 Å². The number of allylic oxidation sites excluding steroid dienone is 4. The minimum Gasteiger partial charge on any atom is -0.312 e. The maximum absolute atomic E-state index is 3.62. The summed E-state index contributed by atoms with van der Waals surface area (Å²) in [5.74, 6) is 0. The molecule has 1 rings (SSSR count). The predicted molar refractivity (Wildman–Crippen MR) is 114 cm³/mol. The summed E-state index contributed by atoms with van der Waals surface area (Å²) in [6.07, 6.45) is 15.1. The van der Waals surface area contributed by atoms with Crippen LogP contribution in [0.2, 0.25) is 0 Å². The fraction of sp³-hybridized carbons (Fsp3) is 0.833. The molecule has 0 aromatic heterocycles. The third-order valence-electron chi connectivity index (χ3n) is 4.80. The number of hydrogen-bond donors (Lipinski definition) is 1. The average Bonchev–Trinajstić information content (AvgIpc) is 2.36. The molecule has 0 bridgehead atoms. The molecule has 25 heavy (non-hydrogen) atoms. The van der Waals surface area contributed by atoms with Gasteiger partial charge in [-0.25, -0.2) is 0 Å². The van der Waals surface area contributed by atoms with E-state index in [1.165, 1.54) is 44.1 Å². The van der Waals surface area contributed by atoms with E-state index < -0.39 is 0 Å². The lowest BCUT2D eigenvalue weighted by Gasteiger charge is -2.38. The van der Waals surface area contributed by atoms with Gasteiger partial charge in [-0.3, -0.25) is 0 Å². The Morgan fingerprint density at radius 1 is 0.920 bits per heavy atom. The van der Waals surface area contributed by atoms with Crippen molar-refractivity contribution < 1.29 is 0 Å². The van der Waals surface area contributed by atoms with E-state index in [0.717, 1.165) is 6.54 Å². The van der Waals surface area contributed by atoms with Crippen LogP contribution in [0.4, 0.5) is 0 Å². The molecule has 1 aliphatic rings. The van der Waals surface area contributed by atoms with Crippen LogP contribution in [-0.2, 0) is 0 Å². The molecule has 1 unspecified atom stereocenters. The predicted octanol–water partition coefficient (Wildman–Crippen LogP) is 7.29. The van der Waals surface area contributed by atoms with Crippen molar-refractivity contribution in [1.82, 2.24) is 5.32 Å². The van der Waals surface area contributed by atoms with E-state index in [1.54, 1.807) is 0 Å². The minimum absolute atomic E-state index is 0.235. The van der Waals surface area contributed by atoms with Gasteiger partial charge in [-0.1, -0.05) is 71.8 Å². The SMILES string of the molecule is CC(C)(C)CC1=CCC(CCCCNC(C)(C)C)(CC(C)(C)C)C=C1. The quantitative estimate of drug-likeness (QED) is 0.477. The van der Waals surface area contributed by atoms with Crippen LogP contribution < -0.4 is 5.32 Å². The van der Waals surface area contributed by atoms with Crippen molar-refractivity contribution in [3.63, 3.8) is 0 Å². The molecule has 1 N–H and O–H groups in total. The van der Waals surface area contributed by atoms with Crippen LogP contribution in [0.15, 0.2) is 23.8 Å². The Morgan fingerprint density at radius 3 is 2.00 bits per heavy atom. The molecular formula is C24H45N. The first kappa shape index (κ1) is 22.5. The number of nitrogens with one attached hydrogen (secondary N) is 1. The molecule has 0 saturated heterocycles. The number of unbranched alkanes of at least 4 members (excludes halogenated alkanes) is 1. The molecule has 0 aromatic rings. The molecule has 1 aliphatic carbocycles. The van der Waals surface area contributed by atoms with E-state index in [-0.39, 0.29) is 5.54 Å². The minimum atomic E-state index is 0.235. The Bertz CT molecular complexity index is 462. The van der Waals surface area contributed by atoms with Crippen molar-refractivity contribution in [3.8, 4) is 0 Å². The first-order valence-corrected chi connectivity index (χ1v) is 10.3. The lowest BCUT2D eigenvalue weighted by atomic mass is 9.66. The summed E-state index contributed by atoms with van der Waals surface area (Å²) in [4.78, 5) is 0. The van der Waals surface area contributed by atoms with Gasteiger partial charge in [0, 0.05) is 5.54 Å². The van der Waals surface area contributed by atoms with E-state index in [1.807, 2.05) is 0 Å². The van der Waals surface area contributed by atoms with Gasteiger partial charge < -0.3 is 5.32 Å². The van der Waals surface area contributed by atoms with Crippen LogP contribution in [0, 0.1) is 16.2 Å². The van der Waals surface area contributed by atoms with Crippen molar-refractivity contribution in [2.75, 3.05) is 6.54 Å². The first-order valence-electron chi connectivity index (χ1n) is 10.3. The summed E-state index contributed by atoms with van der Waals surface area (Å²) >= 11 is 0. The Labute approximate surface area is 158 Å². The summed E-state index contributed by atoms with van der Waals surface area (Å²) < 4.78 is 0. The van der Waals surface area contributed by atoms with E-state index in [0.29, 0.717) is 16.2 Å². The summed E-state index contributed by atoms with van der Waals surface area (Å²) in [5.41, 5.74) is 2.88. The van der Waals surface area contributed by atoms with Gasteiger partial charge in [0.05, 0.1) is 0 Å². The van der Waals surface area contributed by atoms with Crippen LogP contribution in [0.1, 0.15) is 101 Å². The van der Waals surface area contributed by atoms with Gasteiger partial charge in [0.15, 0.2) is 0 Å². The molecule has 0 amide bonds. The number of hydrogen-bond acceptors (Lipinski definition) is 1. The Kier molecular flexibility index (Phi) is 7.57. The van der Waals surface area contributed by atoms with Crippen molar-refractivity contribution in [2.24, 2.45) is 16.2 Å². The van der Waals surface area contributed by atoms with Crippen molar-refractivity contribution in [2.45, 2.75) is 106 Å². The fourth-order valence-electron chi connectivity index (χ4n) is 4.02. The zero-order valence-corrected chi connectivity index (χ0v) is 18.7. The Balaban J connectivity index is 2.64. The van der Waals surface area contributed by atoms with Gasteiger partial charge in [-0.15, -0.1) is 0 Å². The van der Waals surface area contributed by atoms with E-state index >= 15 is 0 Å². The highest BCUT2D eigenvalue weighted by Crippen LogP contribution is 2.45. The largest absolute Gasteiger partial charge is 0.312 e. The van der Waals surface area contributed by atoms with Crippen molar-refractivity contribution in [1.29, 1.82) is 0 Å². The summed E-state index contributed by atoms with van der Waals surface area (Å²) in [5, 5.41) is 3.62. The Morgan fingerprint density at radius 2 is 1.56 bits per heavy atom. The highest BCUT2D eigenvalue weighted by Gasteiger charge is 2.33. The topological polar surface area (TPSA) is 12.0 Å². The molecule has 1 atom stereocenters. The molecular weight excluding hydrogens is 302 g/mol. The molecule has 0 spiro atoms. The van der Waals surface area contributed by atoms with Gasteiger partial charge in [-0.2, -0.15) is 0 Å². The zero-order valence-electron chi connectivity index (χ0n) is 18.7. The van der Waals surface area contributed by atoms with Crippen LogP contribution >= 0.6 is 0 Å². The van der Waals surface area contributed by atoms with Crippen LogP contribution in [0.25, 0.3) is 0 Å². The van der Waals surface area contributed by atoms with E-state index in [4.69, 9.17) is 0 Å². The number of rotatable bonds is 7. The lowest BCUT2D eigenvalue weighted by Crippen LogP contribution is -2.36. The van der Waals surface area contributed by atoms with Gasteiger partial charge in [0.2, 0.25) is 0 Å². The molecule has 0 saturated carbocycles. The third kappa shape index (κ3) is 10.2. The molecule has 0 heterocycles. The third-order valence-corrected chi connectivity index (χ3v) is 4.80. The van der Waals surface area contributed by atoms with Crippen molar-refractivity contribution in [3.05, 3.63) is 23.8 Å². The summed E-state index contributed by atoms with van der Waals surface area (Å²) in [6, 6.07) is 0. The van der Waals surface area contributed by atoms with Crippen molar-refractivity contribution >= 4 is 0 Å². The zero-order chi connectivity index (χ0) is 19.4. The normalized spacial score (nSPS) is 22.2. The summed E-state index contributed by atoms with van der Waals surface area (Å²) in [6.45, 7) is 22.0. The van der Waals surface area contributed by atoms with E-state index in [2.05, 4.69) is 85.9 Å². The highest BCUT2D eigenvalue weighted by atomic mass is 14.9. The maximum Gasteiger partial charge on any atom is 0.00965 e. The molecule has 146 valence electrons. The first-order chi connectivity index (χ1) is 11.2. The maximum atomic E-state index is 3.62. The van der Waals surface area contributed by atoms with Crippen LogP contribution in [0.5, 0.6) is 0 Å². The summed E-state index contributed by atoms with van der Waals surface area (Å²) in [7, 11) is 0. The van der Waals surface area contributed by atoms with Crippen LogP contribution in [-0.4, -0.2) is 12.1 Å². The highest BCUT2D eigenvalue weighted by molar-refractivity contribution is 5.27. The smallest absolute Gasteiger partial charge is 0.00965 e. The molecule has 0 fully saturated rings. The molecule has 1 nitrogen and oxygen atoms in total. The Hall–Kier alpha value is -0.560. The van der Waals surface area contributed by atoms with Gasteiger partial charge in [0.1, 0.15) is 0 Å². The van der Waals surface area contributed by atoms with E-state index in [9.17, 15) is 0 Å². The van der Waals surface area contributed by atoms with Gasteiger partial charge in [-0.05, 0) is 75.7 Å². The molecule has 0 radical (unpaired) electrons. The molecule has 0 aliphatic heterocycles. The monoisotopic (exact) mass is 347 g/mol. The molecule has 1 heteroatoms. The molecule has 0 aromatic carbocycles.